The Hall–Kier alpha value is -2.43. The SMILES string of the molecule is O=C(C1CC=CCC1)N1CCN(c2ncnc3ccccc23)CC1. The first-order valence-corrected chi connectivity index (χ1v) is 8.71. The van der Waals surface area contributed by atoms with Crippen LogP contribution < -0.4 is 4.90 Å². The average molecular weight is 322 g/mol. The summed E-state index contributed by atoms with van der Waals surface area (Å²) >= 11 is 0. The van der Waals surface area contributed by atoms with E-state index < -0.39 is 0 Å². The zero-order valence-electron chi connectivity index (χ0n) is 13.8. The summed E-state index contributed by atoms with van der Waals surface area (Å²) in [4.78, 5) is 25.8. The van der Waals surface area contributed by atoms with Crippen molar-refractivity contribution >= 4 is 22.6 Å². The molecule has 1 aliphatic heterocycles. The molecule has 0 N–H and O–H groups in total. The van der Waals surface area contributed by atoms with Crippen molar-refractivity contribution in [1.29, 1.82) is 0 Å². The lowest BCUT2D eigenvalue weighted by molar-refractivity contribution is -0.136. The molecule has 1 saturated heterocycles. The Balaban J connectivity index is 1.46. The lowest BCUT2D eigenvalue weighted by Gasteiger charge is -2.37. The number of aromatic nitrogens is 2. The van der Waals surface area contributed by atoms with Gasteiger partial charge in [0.05, 0.1) is 5.52 Å². The van der Waals surface area contributed by atoms with Gasteiger partial charge in [-0.25, -0.2) is 9.97 Å². The Morgan fingerprint density at radius 2 is 1.88 bits per heavy atom. The van der Waals surface area contributed by atoms with Gasteiger partial charge in [0.15, 0.2) is 0 Å². The number of carbonyl (C=O) groups excluding carboxylic acids is 1. The third-order valence-electron chi connectivity index (χ3n) is 5.03. The monoisotopic (exact) mass is 322 g/mol. The molecule has 1 aromatic carbocycles. The highest BCUT2D eigenvalue weighted by Gasteiger charge is 2.28. The maximum Gasteiger partial charge on any atom is 0.226 e. The number of piperazine rings is 1. The predicted octanol–water partition coefficient (Wildman–Crippen LogP) is 2.63. The van der Waals surface area contributed by atoms with Crippen molar-refractivity contribution in [3.63, 3.8) is 0 Å². The summed E-state index contributed by atoms with van der Waals surface area (Å²) in [6.45, 7) is 3.21. The molecular weight excluding hydrogens is 300 g/mol. The van der Waals surface area contributed by atoms with Crippen LogP contribution in [-0.2, 0) is 4.79 Å². The minimum absolute atomic E-state index is 0.182. The van der Waals surface area contributed by atoms with E-state index in [0.29, 0.717) is 5.91 Å². The van der Waals surface area contributed by atoms with Crippen LogP contribution in [0.25, 0.3) is 10.9 Å². The molecule has 1 atom stereocenters. The minimum Gasteiger partial charge on any atom is -0.352 e. The van der Waals surface area contributed by atoms with Crippen LogP contribution in [0.5, 0.6) is 0 Å². The third-order valence-corrected chi connectivity index (χ3v) is 5.03. The molecule has 1 fully saturated rings. The Morgan fingerprint density at radius 3 is 2.67 bits per heavy atom. The van der Waals surface area contributed by atoms with Gasteiger partial charge in [0.2, 0.25) is 5.91 Å². The Bertz CT molecular complexity index is 760. The van der Waals surface area contributed by atoms with E-state index in [0.717, 1.165) is 62.2 Å². The Labute approximate surface area is 142 Å². The molecule has 5 heteroatoms. The molecule has 1 unspecified atom stereocenters. The third kappa shape index (κ3) is 2.86. The van der Waals surface area contributed by atoms with Gasteiger partial charge in [0, 0.05) is 37.5 Å². The smallest absolute Gasteiger partial charge is 0.226 e. The van der Waals surface area contributed by atoms with E-state index in [1.807, 2.05) is 23.1 Å². The van der Waals surface area contributed by atoms with Crippen LogP contribution >= 0.6 is 0 Å². The first-order valence-electron chi connectivity index (χ1n) is 8.71. The molecule has 1 amide bonds. The van der Waals surface area contributed by atoms with Crippen LogP contribution in [0.1, 0.15) is 19.3 Å². The number of para-hydroxylation sites is 1. The number of hydrogen-bond donors (Lipinski definition) is 0. The van der Waals surface area contributed by atoms with Crippen molar-refractivity contribution in [2.24, 2.45) is 5.92 Å². The van der Waals surface area contributed by atoms with Gasteiger partial charge in [-0.1, -0.05) is 24.3 Å². The van der Waals surface area contributed by atoms with Crippen LogP contribution in [0, 0.1) is 5.92 Å². The fourth-order valence-electron chi connectivity index (χ4n) is 3.66. The minimum atomic E-state index is 0.182. The van der Waals surface area contributed by atoms with E-state index in [4.69, 9.17) is 0 Å². The van der Waals surface area contributed by atoms with Gasteiger partial charge in [-0.05, 0) is 31.4 Å². The van der Waals surface area contributed by atoms with E-state index in [1.54, 1.807) is 6.33 Å². The largest absolute Gasteiger partial charge is 0.352 e. The summed E-state index contributed by atoms with van der Waals surface area (Å²) in [6, 6.07) is 8.09. The number of amides is 1. The summed E-state index contributed by atoms with van der Waals surface area (Å²) in [5.74, 6) is 1.49. The van der Waals surface area contributed by atoms with Crippen LogP contribution in [0.15, 0.2) is 42.7 Å². The molecule has 0 radical (unpaired) electrons. The highest BCUT2D eigenvalue weighted by atomic mass is 16.2. The highest BCUT2D eigenvalue weighted by molar-refractivity contribution is 5.89. The number of anilines is 1. The van der Waals surface area contributed by atoms with Gasteiger partial charge in [-0.3, -0.25) is 4.79 Å². The van der Waals surface area contributed by atoms with Crippen molar-refractivity contribution in [3.05, 3.63) is 42.7 Å². The summed E-state index contributed by atoms with van der Waals surface area (Å²) in [6.07, 6.45) is 8.88. The second-order valence-electron chi connectivity index (χ2n) is 6.51. The zero-order valence-corrected chi connectivity index (χ0v) is 13.8. The summed E-state index contributed by atoms with van der Waals surface area (Å²) in [5.41, 5.74) is 0.968. The fourth-order valence-corrected chi connectivity index (χ4v) is 3.66. The molecule has 5 nitrogen and oxygen atoms in total. The normalized spacial score (nSPS) is 21.2. The molecule has 0 bridgehead atoms. The van der Waals surface area contributed by atoms with Crippen LogP contribution in [0.4, 0.5) is 5.82 Å². The highest BCUT2D eigenvalue weighted by Crippen LogP contribution is 2.25. The number of nitrogens with zero attached hydrogens (tertiary/aromatic N) is 4. The van der Waals surface area contributed by atoms with Crippen molar-refractivity contribution in [2.75, 3.05) is 31.1 Å². The van der Waals surface area contributed by atoms with E-state index in [9.17, 15) is 4.79 Å². The molecule has 1 aliphatic carbocycles. The molecule has 2 heterocycles. The van der Waals surface area contributed by atoms with E-state index in [-0.39, 0.29) is 5.92 Å². The lowest BCUT2D eigenvalue weighted by atomic mass is 9.93. The van der Waals surface area contributed by atoms with Crippen molar-refractivity contribution in [2.45, 2.75) is 19.3 Å². The van der Waals surface area contributed by atoms with E-state index in [1.165, 1.54) is 0 Å². The summed E-state index contributed by atoms with van der Waals surface area (Å²) in [5, 5.41) is 1.08. The second-order valence-corrected chi connectivity index (χ2v) is 6.51. The van der Waals surface area contributed by atoms with Gasteiger partial charge < -0.3 is 9.80 Å². The lowest BCUT2D eigenvalue weighted by Crippen LogP contribution is -2.50. The first kappa shape index (κ1) is 15.1. The molecule has 124 valence electrons. The first-order chi connectivity index (χ1) is 11.8. The van der Waals surface area contributed by atoms with Crippen LogP contribution in [-0.4, -0.2) is 47.0 Å². The molecule has 1 aromatic heterocycles. The molecule has 0 saturated carbocycles. The van der Waals surface area contributed by atoms with Crippen molar-refractivity contribution in [3.8, 4) is 0 Å². The molecule has 4 rings (SSSR count). The summed E-state index contributed by atoms with van der Waals surface area (Å²) in [7, 11) is 0. The number of rotatable bonds is 2. The van der Waals surface area contributed by atoms with Gasteiger partial charge in [-0.15, -0.1) is 0 Å². The van der Waals surface area contributed by atoms with Crippen LogP contribution in [0.2, 0.25) is 0 Å². The van der Waals surface area contributed by atoms with Gasteiger partial charge in [-0.2, -0.15) is 0 Å². The standard InChI is InChI=1S/C19H22N4O/c24-19(15-6-2-1-3-7-15)23-12-10-22(11-13-23)18-16-8-4-5-9-17(16)20-14-21-18/h1-2,4-5,8-9,14-15H,3,6-7,10-13H2. The quantitative estimate of drug-likeness (QED) is 0.798. The van der Waals surface area contributed by atoms with Crippen LogP contribution in [0.3, 0.4) is 0 Å². The Morgan fingerprint density at radius 1 is 1.04 bits per heavy atom. The molecule has 2 aliphatic rings. The fraction of sp³-hybridized carbons (Fsp3) is 0.421. The second kappa shape index (κ2) is 6.59. The zero-order chi connectivity index (χ0) is 16.4. The molecular formula is C19H22N4O. The number of fused-ring (bicyclic) bond motifs is 1. The summed E-state index contributed by atoms with van der Waals surface area (Å²) < 4.78 is 0. The number of benzene rings is 1. The maximum absolute atomic E-state index is 12.7. The molecule has 2 aromatic rings. The maximum atomic E-state index is 12.7. The topological polar surface area (TPSA) is 49.3 Å². The number of carbonyl (C=O) groups is 1. The van der Waals surface area contributed by atoms with Gasteiger partial charge >= 0.3 is 0 Å². The van der Waals surface area contributed by atoms with Gasteiger partial charge in [0.25, 0.3) is 0 Å². The molecule has 0 spiro atoms. The average Bonchev–Trinajstić information content (AvgIpc) is 2.68. The van der Waals surface area contributed by atoms with E-state index in [2.05, 4.69) is 33.1 Å². The Kier molecular flexibility index (Phi) is 4.15. The van der Waals surface area contributed by atoms with Crippen molar-refractivity contribution < 1.29 is 4.79 Å². The van der Waals surface area contributed by atoms with Crippen molar-refractivity contribution in [1.82, 2.24) is 14.9 Å². The van der Waals surface area contributed by atoms with Gasteiger partial charge in [0.1, 0.15) is 12.1 Å². The molecule has 24 heavy (non-hydrogen) atoms. The number of allylic oxidation sites excluding steroid dienone is 2. The number of hydrogen-bond acceptors (Lipinski definition) is 4. The predicted molar refractivity (Wildman–Crippen MR) is 94.8 cm³/mol. The van der Waals surface area contributed by atoms with E-state index >= 15 is 0 Å².